The lowest BCUT2D eigenvalue weighted by molar-refractivity contribution is 0.630. The molecule has 0 aliphatic rings. The van der Waals surface area contributed by atoms with Gasteiger partial charge < -0.3 is 4.98 Å². The summed E-state index contributed by atoms with van der Waals surface area (Å²) in [6.45, 7) is 0. The van der Waals surface area contributed by atoms with Crippen LogP contribution < -0.4 is 0 Å². The summed E-state index contributed by atoms with van der Waals surface area (Å²) in [4.78, 5) is 2.76. The SMILES string of the molecule is Fc1ccc2c[nH]c(Cl)c2c1Cl. The summed E-state index contributed by atoms with van der Waals surface area (Å²) in [6.07, 6.45) is 1.68. The second-order valence-electron chi connectivity index (χ2n) is 2.43. The lowest BCUT2D eigenvalue weighted by Gasteiger charge is -1.95. The zero-order chi connectivity index (χ0) is 8.72. The molecule has 1 aromatic carbocycles. The number of fused-ring (bicyclic) bond motifs is 1. The zero-order valence-electron chi connectivity index (χ0n) is 5.87. The van der Waals surface area contributed by atoms with Crippen LogP contribution in [-0.2, 0) is 0 Å². The number of hydrogen-bond acceptors (Lipinski definition) is 0. The van der Waals surface area contributed by atoms with Gasteiger partial charge in [0.1, 0.15) is 11.0 Å². The minimum atomic E-state index is -0.453. The van der Waals surface area contributed by atoms with E-state index in [0.29, 0.717) is 10.5 Å². The van der Waals surface area contributed by atoms with Gasteiger partial charge in [0.2, 0.25) is 0 Å². The van der Waals surface area contributed by atoms with Crippen LogP contribution in [0.1, 0.15) is 0 Å². The standard InChI is InChI=1S/C8H4Cl2FN/c9-7-5(11)2-1-4-3-12-8(10)6(4)7/h1-3,12H. The third-order valence-electron chi connectivity index (χ3n) is 1.70. The Balaban J connectivity index is 2.96. The van der Waals surface area contributed by atoms with E-state index in [1.807, 2.05) is 0 Å². The Labute approximate surface area is 78.1 Å². The number of hydrogen-bond donors (Lipinski definition) is 1. The van der Waals surface area contributed by atoms with Crippen molar-refractivity contribution in [1.29, 1.82) is 0 Å². The predicted octanol–water partition coefficient (Wildman–Crippen LogP) is 3.61. The minimum Gasteiger partial charge on any atom is -0.351 e. The van der Waals surface area contributed by atoms with E-state index in [0.717, 1.165) is 5.39 Å². The van der Waals surface area contributed by atoms with Crippen molar-refractivity contribution in [2.75, 3.05) is 0 Å². The van der Waals surface area contributed by atoms with Crippen LogP contribution in [0.2, 0.25) is 10.2 Å². The van der Waals surface area contributed by atoms with Gasteiger partial charge in [0, 0.05) is 17.0 Å². The van der Waals surface area contributed by atoms with Crippen LogP contribution in [0.4, 0.5) is 4.39 Å². The molecule has 0 radical (unpaired) electrons. The van der Waals surface area contributed by atoms with E-state index in [4.69, 9.17) is 23.2 Å². The normalized spacial score (nSPS) is 10.9. The van der Waals surface area contributed by atoms with Gasteiger partial charge in [-0.25, -0.2) is 4.39 Å². The van der Waals surface area contributed by atoms with Gasteiger partial charge in [-0.05, 0) is 12.1 Å². The van der Waals surface area contributed by atoms with E-state index in [9.17, 15) is 4.39 Å². The van der Waals surface area contributed by atoms with Gasteiger partial charge in [-0.1, -0.05) is 23.2 Å². The first-order valence-electron chi connectivity index (χ1n) is 3.30. The average Bonchev–Trinajstić information content (AvgIpc) is 2.41. The summed E-state index contributed by atoms with van der Waals surface area (Å²) in [5.74, 6) is -0.453. The predicted molar refractivity (Wildman–Crippen MR) is 48.3 cm³/mol. The molecule has 0 bridgehead atoms. The van der Waals surface area contributed by atoms with Gasteiger partial charge in [0.25, 0.3) is 0 Å². The summed E-state index contributed by atoms with van der Waals surface area (Å²) in [5, 5.41) is 1.79. The fraction of sp³-hybridized carbons (Fsp3) is 0. The monoisotopic (exact) mass is 203 g/mol. The van der Waals surface area contributed by atoms with Crippen molar-refractivity contribution < 1.29 is 4.39 Å². The molecule has 0 fully saturated rings. The highest BCUT2D eigenvalue weighted by Gasteiger charge is 2.09. The van der Waals surface area contributed by atoms with E-state index >= 15 is 0 Å². The second-order valence-corrected chi connectivity index (χ2v) is 3.18. The summed E-state index contributed by atoms with van der Waals surface area (Å²) < 4.78 is 12.9. The Morgan fingerprint density at radius 1 is 1.25 bits per heavy atom. The quantitative estimate of drug-likeness (QED) is 0.674. The minimum absolute atomic E-state index is 0.0683. The highest BCUT2D eigenvalue weighted by molar-refractivity contribution is 6.41. The largest absolute Gasteiger partial charge is 0.351 e. The molecule has 0 saturated heterocycles. The zero-order valence-corrected chi connectivity index (χ0v) is 7.38. The van der Waals surface area contributed by atoms with Crippen LogP contribution in [0.15, 0.2) is 18.3 Å². The van der Waals surface area contributed by atoms with E-state index in [1.165, 1.54) is 6.07 Å². The van der Waals surface area contributed by atoms with Crippen LogP contribution in [0, 0.1) is 5.82 Å². The molecule has 0 spiro atoms. The Bertz CT molecular complexity index is 436. The first-order chi connectivity index (χ1) is 5.70. The number of nitrogens with one attached hydrogen (secondary N) is 1. The van der Waals surface area contributed by atoms with Crippen molar-refractivity contribution in [1.82, 2.24) is 4.98 Å². The third kappa shape index (κ3) is 0.993. The van der Waals surface area contributed by atoms with Crippen LogP contribution in [0.3, 0.4) is 0 Å². The first-order valence-corrected chi connectivity index (χ1v) is 4.06. The average molecular weight is 204 g/mol. The highest BCUT2D eigenvalue weighted by atomic mass is 35.5. The number of benzene rings is 1. The van der Waals surface area contributed by atoms with Crippen molar-refractivity contribution in [2.24, 2.45) is 0 Å². The topological polar surface area (TPSA) is 15.8 Å². The van der Waals surface area contributed by atoms with Crippen LogP contribution in [0.5, 0.6) is 0 Å². The lowest BCUT2D eigenvalue weighted by atomic mass is 10.2. The molecule has 62 valence electrons. The van der Waals surface area contributed by atoms with Gasteiger partial charge in [0.05, 0.1) is 5.02 Å². The molecule has 4 heteroatoms. The van der Waals surface area contributed by atoms with Gasteiger partial charge in [-0.3, -0.25) is 0 Å². The summed E-state index contributed by atoms with van der Waals surface area (Å²) in [6, 6.07) is 2.94. The maximum Gasteiger partial charge on any atom is 0.142 e. The van der Waals surface area contributed by atoms with Gasteiger partial charge in [-0.2, -0.15) is 0 Å². The Morgan fingerprint density at radius 3 is 2.75 bits per heavy atom. The van der Waals surface area contributed by atoms with Crippen molar-refractivity contribution in [3.63, 3.8) is 0 Å². The molecule has 0 aliphatic carbocycles. The van der Waals surface area contributed by atoms with Crippen molar-refractivity contribution in [3.8, 4) is 0 Å². The van der Waals surface area contributed by atoms with Gasteiger partial charge in [0.15, 0.2) is 0 Å². The maximum absolute atomic E-state index is 12.9. The maximum atomic E-state index is 12.9. The number of H-pyrrole nitrogens is 1. The molecule has 1 N–H and O–H groups in total. The summed E-state index contributed by atoms with van der Waals surface area (Å²) >= 11 is 11.4. The van der Waals surface area contributed by atoms with Crippen molar-refractivity contribution >= 4 is 34.0 Å². The van der Waals surface area contributed by atoms with Gasteiger partial charge in [-0.15, -0.1) is 0 Å². The van der Waals surface area contributed by atoms with E-state index in [2.05, 4.69) is 4.98 Å². The lowest BCUT2D eigenvalue weighted by Crippen LogP contribution is -1.76. The van der Waals surface area contributed by atoms with E-state index < -0.39 is 5.82 Å². The molecule has 0 aliphatic heterocycles. The molecule has 0 unspecified atom stereocenters. The Hall–Kier alpha value is -0.730. The smallest absolute Gasteiger partial charge is 0.142 e. The molecule has 1 aromatic heterocycles. The first kappa shape index (κ1) is 7.90. The number of halogens is 3. The number of rotatable bonds is 0. The molecule has 2 aromatic rings. The molecule has 1 heterocycles. The fourth-order valence-electron chi connectivity index (χ4n) is 1.12. The second kappa shape index (κ2) is 2.64. The van der Waals surface area contributed by atoms with Gasteiger partial charge >= 0.3 is 0 Å². The molecule has 2 rings (SSSR count). The molecule has 0 atom stereocenters. The highest BCUT2D eigenvalue weighted by Crippen LogP contribution is 2.31. The number of aromatic nitrogens is 1. The molecule has 12 heavy (non-hydrogen) atoms. The Morgan fingerprint density at radius 2 is 2.00 bits per heavy atom. The fourth-order valence-corrected chi connectivity index (χ4v) is 1.70. The molecular formula is C8H4Cl2FN. The van der Waals surface area contributed by atoms with Crippen LogP contribution in [-0.4, -0.2) is 4.98 Å². The number of aromatic amines is 1. The van der Waals surface area contributed by atoms with Crippen LogP contribution in [0.25, 0.3) is 10.8 Å². The Kier molecular flexibility index (Phi) is 1.74. The van der Waals surface area contributed by atoms with Crippen LogP contribution >= 0.6 is 23.2 Å². The molecule has 1 nitrogen and oxygen atoms in total. The summed E-state index contributed by atoms with van der Waals surface area (Å²) in [7, 11) is 0. The van der Waals surface area contributed by atoms with Crippen molar-refractivity contribution in [3.05, 3.63) is 34.3 Å². The summed E-state index contributed by atoms with van der Waals surface area (Å²) in [5.41, 5.74) is 0. The molecular weight excluding hydrogens is 200 g/mol. The van der Waals surface area contributed by atoms with E-state index in [-0.39, 0.29) is 5.02 Å². The molecule has 0 saturated carbocycles. The van der Waals surface area contributed by atoms with E-state index in [1.54, 1.807) is 12.3 Å². The van der Waals surface area contributed by atoms with Crippen molar-refractivity contribution in [2.45, 2.75) is 0 Å². The molecule has 0 amide bonds. The third-order valence-corrected chi connectivity index (χ3v) is 2.37.